The smallest absolute Gasteiger partial charge is 0.253 e. The van der Waals surface area contributed by atoms with Crippen LogP contribution in [0.2, 0.25) is 0 Å². The first kappa shape index (κ1) is 20.6. The fourth-order valence-corrected chi connectivity index (χ4v) is 7.07. The molecule has 31 heavy (non-hydrogen) atoms. The number of piperidine rings is 1. The zero-order valence-corrected chi connectivity index (χ0v) is 18.9. The van der Waals surface area contributed by atoms with E-state index in [0.29, 0.717) is 31.7 Å². The van der Waals surface area contributed by atoms with Gasteiger partial charge in [-0.2, -0.15) is 4.31 Å². The van der Waals surface area contributed by atoms with Crippen molar-refractivity contribution in [1.29, 1.82) is 0 Å². The molecule has 162 valence electrons. The third-order valence-electron chi connectivity index (χ3n) is 6.17. The molecule has 5 rings (SSSR count). The molecule has 0 N–H and O–H groups in total. The fourth-order valence-electron chi connectivity index (χ4n) is 4.46. The first-order chi connectivity index (χ1) is 15.0. The van der Waals surface area contributed by atoms with Gasteiger partial charge in [0.15, 0.2) is 0 Å². The number of carbonyl (C=O) groups is 1. The minimum absolute atomic E-state index is 0.0454. The maximum absolute atomic E-state index is 13.1. The summed E-state index contributed by atoms with van der Waals surface area (Å²) in [6.07, 6.45) is 3.77. The molecule has 3 aromatic rings. The van der Waals surface area contributed by atoms with Crippen molar-refractivity contribution in [3.05, 3.63) is 59.1 Å². The summed E-state index contributed by atoms with van der Waals surface area (Å²) in [6, 6.07) is 14.6. The summed E-state index contributed by atoms with van der Waals surface area (Å²) < 4.78 is 28.1. The van der Waals surface area contributed by atoms with Gasteiger partial charge in [0.2, 0.25) is 10.0 Å². The molecule has 6 nitrogen and oxygen atoms in total. The van der Waals surface area contributed by atoms with Crippen LogP contribution >= 0.6 is 11.3 Å². The van der Waals surface area contributed by atoms with Crippen LogP contribution in [0.1, 0.15) is 47.0 Å². The van der Waals surface area contributed by atoms with E-state index >= 15 is 0 Å². The highest BCUT2D eigenvalue weighted by atomic mass is 32.2. The second kappa shape index (κ2) is 8.33. The number of hydrogen-bond acceptors (Lipinski definition) is 5. The molecule has 2 saturated heterocycles. The second-order valence-corrected chi connectivity index (χ2v) is 11.2. The number of rotatable bonds is 4. The summed E-state index contributed by atoms with van der Waals surface area (Å²) in [5.74, 6) is 0.195. The molecule has 2 fully saturated rings. The molecule has 1 amide bonds. The van der Waals surface area contributed by atoms with Gasteiger partial charge in [0.25, 0.3) is 5.91 Å². The highest BCUT2D eigenvalue weighted by molar-refractivity contribution is 7.89. The number of sulfonamides is 1. The minimum Gasteiger partial charge on any atom is -0.338 e. The Balaban J connectivity index is 1.31. The first-order valence-corrected chi connectivity index (χ1v) is 13.0. The molecule has 0 unspecified atom stereocenters. The number of nitrogens with zero attached hydrogens (tertiary/aromatic N) is 3. The Labute approximate surface area is 186 Å². The van der Waals surface area contributed by atoms with Crippen molar-refractivity contribution in [3.63, 3.8) is 0 Å². The monoisotopic (exact) mass is 455 g/mol. The SMILES string of the molecule is O=C(c1ccc(S(=O)(=O)N2CCCC2)cc1)N1CCC[C@@H](c2nc3ccccc3s2)C1. The predicted molar refractivity (Wildman–Crippen MR) is 122 cm³/mol. The van der Waals surface area contributed by atoms with E-state index in [2.05, 4.69) is 6.07 Å². The molecule has 2 aliphatic heterocycles. The average Bonchev–Trinajstić information content (AvgIpc) is 3.49. The van der Waals surface area contributed by atoms with Crippen molar-refractivity contribution in [1.82, 2.24) is 14.2 Å². The summed E-state index contributed by atoms with van der Waals surface area (Å²) in [5.41, 5.74) is 1.55. The Kier molecular flexibility index (Phi) is 5.54. The van der Waals surface area contributed by atoms with Crippen LogP contribution in [0.5, 0.6) is 0 Å². The standard InChI is InChI=1S/C23H25N3O3S2/c27-23(17-9-11-19(12-10-17)31(28,29)26-14-3-4-15-26)25-13-5-6-18(16-25)22-24-20-7-1-2-8-21(20)30-22/h1-2,7-12,18H,3-6,13-16H2/t18-/m1/s1. The van der Waals surface area contributed by atoms with Gasteiger partial charge in [-0.3, -0.25) is 4.79 Å². The van der Waals surface area contributed by atoms with E-state index in [4.69, 9.17) is 4.98 Å². The molecule has 1 aromatic heterocycles. The number of hydrogen-bond donors (Lipinski definition) is 0. The molecule has 8 heteroatoms. The summed E-state index contributed by atoms with van der Waals surface area (Å²) in [6.45, 7) is 2.51. The van der Waals surface area contributed by atoms with Gasteiger partial charge in [-0.15, -0.1) is 11.3 Å². The third kappa shape index (κ3) is 4.00. The van der Waals surface area contributed by atoms with Gasteiger partial charge in [0.05, 0.1) is 20.1 Å². The number of amides is 1. The second-order valence-electron chi connectivity index (χ2n) is 8.25. The van der Waals surface area contributed by atoms with Crippen molar-refractivity contribution in [2.75, 3.05) is 26.2 Å². The lowest BCUT2D eigenvalue weighted by molar-refractivity contribution is 0.0707. The van der Waals surface area contributed by atoms with Crippen LogP contribution in [0, 0.1) is 0 Å². The maximum Gasteiger partial charge on any atom is 0.253 e. The molecule has 0 aliphatic carbocycles. The molecule has 0 radical (unpaired) electrons. The molecule has 0 saturated carbocycles. The lowest BCUT2D eigenvalue weighted by Gasteiger charge is -2.32. The van der Waals surface area contributed by atoms with Crippen molar-refractivity contribution in [2.45, 2.75) is 36.5 Å². The minimum atomic E-state index is -3.46. The number of likely N-dealkylation sites (tertiary alicyclic amines) is 1. The fraction of sp³-hybridized carbons (Fsp3) is 0.391. The Bertz CT molecular complexity index is 1170. The quantitative estimate of drug-likeness (QED) is 0.594. The summed E-state index contributed by atoms with van der Waals surface area (Å²) in [7, 11) is -3.46. The van der Waals surface area contributed by atoms with Crippen molar-refractivity contribution >= 4 is 37.5 Å². The average molecular weight is 456 g/mol. The molecular formula is C23H25N3O3S2. The lowest BCUT2D eigenvalue weighted by Crippen LogP contribution is -2.39. The van der Waals surface area contributed by atoms with Crippen LogP contribution in [-0.2, 0) is 10.0 Å². The highest BCUT2D eigenvalue weighted by Crippen LogP contribution is 2.33. The van der Waals surface area contributed by atoms with Crippen molar-refractivity contribution < 1.29 is 13.2 Å². The van der Waals surface area contributed by atoms with Gasteiger partial charge in [-0.05, 0) is 62.1 Å². The van der Waals surface area contributed by atoms with Gasteiger partial charge in [-0.25, -0.2) is 13.4 Å². The summed E-state index contributed by atoms with van der Waals surface area (Å²) in [4.78, 5) is 20.0. The van der Waals surface area contributed by atoms with Crippen molar-refractivity contribution in [2.24, 2.45) is 0 Å². The molecule has 0 spiro atoms. The number of aromatic nitrogens is 1. The molecular weight excluding hydrogens is 430 g/mol. The Morgan fingerprint density at radius 3 is 2.45 bits per heavy atom. The van der Waals surface area contributed by atoms with E-state index < -0.39 is 10.0 Å². The van der Waals surface area contributed by atoms with E-state index in [1.807, 2.05) is 23.1 Å². The summed E-state index contributed by atoms with van der Waals surface area (Å²) in [5, 5.41) is 1.09. The molecule has 2 aliphatic rings. The van der Waals surface area contributed by atoms with Gasteiger partial charge < -0.3 is 4.90 Å². The van der Waals surface area contributed by atoms with Crippen molar-refractivity contribution in [3.8, 4) is 0 Å². The number of benzene rings is 2. The zero-order chi connectivity index (χ0) is 21.4. The van der Waals surface area contributed by atoms with E-state index in [0.717, 1.165) is 36.2 Å². The van der Waals surface area contributed by atoms with Crippen LogP contribution in [0.4, 0.5) is 0 Å². The number of fused-ring (bicyclic) bond motifs is 1. The lowest BCUT2D eigenvalue weighted by atomic mass is 9.98. The highest BCUT2D eigenvalue weighted by Gasteiger charge is 2.29. The molecule has 2 aromatic carbocycles. The van der Waals surface area contributed by atoms with E-state index in [9.17, 15) is 13.2 Å². The maximum atomic E-state index is 13.1. The normalized spacial score (nSPS) is 20.4. The Morgan fingerprint density at radius 1 is 0.968 bits per heavy atom. The third-order valence-corrected chi connectivity index (χ3v) is 9.28. The van der Waals surface area contributed by atoms with E-state index in [1.54, 1.807) is 35.6 Å². The van der Waals surface area contributed by atoms with Crippen LogP contribution in [0.15, 0.2) is 53.4 Å². The Hall–Kier alpha value is -2.29. The number of para-hydroxylation sites is 1. The molecule has 3 heterocycles. The van der Waals surface area contributed by atoms with Crippen LogP contribution in [-0.4, -0.2) is 54.7 Å². The molecule has 1 atom stereocenters. The Morgan fingerprint density at radius 2 is 1.71 bits per heavy atom. The van der Waals surface area contributed by atoms with E-state index in [-0.39, 0.29) is 16.7 Å². The van der Waals surface area contributed by atoms with Gasteiger partial charge in [0, 0.05) is 37.7 Å². The van der Waals surface area contributed by atoms with Gasteiger partial charge in [0.1, 0.15) is 0 Å². The number of thiazole rings is 1. The topological polar surface area (TPSA) is 70.6 Å². The summed E-state index contributed by atoms with van der Waals surface area (Å²) >= 11 is 1.71. The van der Waals surface area contributed by atoms with E-state index in [1.165, 1.54) is 9.01 Å². The number of carbonyl (C=O) groups excluding carboxylic acids is 1. The first-order valence-electron chi connectivity index (χ1n) is 10.8. The molecule has 0 bridgehead atoms. The van der Waals surface area contributed by atoms with Crippen LogP contribution < -0.4 is 0 Å². The predicted octanol–water partition coefficient (Wildman–Crippen LogP) is 4.10. The van der Waals surface area contributed by atoms with Gasteiger partial charge >= 0.3 is 0 Å². The van der Waals surface area contributed by atoms with Gasteiger partial charge in [-0.1, -0.05) is 12.1 Å². The zero-order valence-electron chi connectivity index (χ0n) is 17.2. The van der Waals surface area contributed by atoms with Crippen LogP contribution in [0.25, 0.3) is 10.2 Å². The largest absolute Gasteiger partial charge is 0.338 e. The van der Waals surface area contributed by atoms with Crippen LogP contribution in [0.3, 0.4) is 0 Å².